The summed E-state index contributed by atoms with van der Waals surface area (Å²) >= 11 is 0. The SMILES string of the molecule is CN(C)c1cccc(OCCC2CCCC2N)c1. The molecule has 3 heteroatoms. The Bertz CT molecular complexity index is 379. The second-order valence-electron chi connectivity index (χ2n) is 5.38. The maximum atomic E-state index is 6.06. The zero-order valence-corrected chi connectivity index (χ0v) is 11.4. The highest BCUT2D eigenvalue weighted by Gasteiger charge is 2.23. The van der Waals surface area contributed by atoms with Crippen LogP contribution >= 0.6 is 0 Å². The van der Waals surface area contributed by atoms with Crippen molar-refractivity contribution in [1.29, 1.82) is 0 Å². The van der Waals surface area contributed by atoms with Crippen LogP contribution in [-0.4, -0.2) is 26.7 Å². The van der Waals surface area contributed by atoms with E-state index < -0.39 is 0 Å². The molecule has 100 valence electrons. The number of anilines is 1. The molecule has 0 bridgehead atoms. The number of hydrogen-bond donors (Lipinski definition) is 1. The molecule has 2 unspecified atom stereocenters. The van der Waals surface area contributed by atoms with E-state index in [-0.39, 0.29) is 0 Å². The molecular weight excluding hydrogens is 224 g/mol. The molecule has 0 radical (unpaired) electrons. The summed E-state index contributed by atoms with van der Waals surface area (Å²) in [5, 5.41) is 0. The third kappa shape index (κ3) is 3.39. The number of hydrogen-bond acceptors (Lipinski definition) is 3. The first-order chi connectivity index (χ1) is 8.66. The molecule has 0 aromatic heterocycles. The summed E-state index contributed by atoms with van der Waals surface area (Å²) in [4.78, 5) is 2.08. The average molecular weight is 248 g/mol. The third-order valence-electron chi connectivity index (χ3n) is 3.81. The molecule has 2 N–H and O–H groups in total. The van der Waals surface area contributed by atoms with Crippen molar-refractivity contribution < 1.29 is 4.74 Å². The highest BCUT2D eigenvalue weighted by Crippen LogP contribution is 2.27. The van der Waals surface area contributed by atoms with E-state index in [0.29, 0.717) is 12.0 Å². The van der Waals surface area contributed by atoms with Gasteiger partial charge in [-0.2, -0.15) is 0 Å². The highest BCUT2D eigenvalue weighted by atomic mass is 16.5. The van der Waals surface area contributed by atoms with Crippen LogP contribution in [0.15, 0.2) is 24.3 Å². The predicted octanol–water partition coefficient (Wildman–Crippen LogP) is 2.65. The second kappa shape index (κ2) is 6.10. The van der Waals surface area contributed by atoms with Gasteiger partial charge >= 0.3 is 0 Å². The van der Waals surface area contributed by atoms with Crippen LogP contribution in [0.4, 0.5) is 5.69 Å². The molecule has 1 aliphatic rings. The van der Waals surface area contributed by atoms with Crippen molar-refractivity contribution in [2.24, 2.45) is 11.7 Å². The summed E-state index contributed by atoms with van der Waals surface area (Å²) in [7, 11) is 4.08. The first-order valence-corrected chi connectivity index (χ1v) is 6.82. The maximum Gasteiger partial charge on any atom is 0.121 e. The van der Waals surface area contributed by atoms with Crippen LogP contribution < -0.4 is 15.4 Å². The summed E-state index contributed by atoms with van der Waals surface area (Å²) in [6.45, 7) is 0.773. The molecular formula is C15H24N2O. The normalized spacial score (nSPS) is 23.1. The fourth-order valence-corrected chi connectivity index (χ4v) is 2.60. The molecule has 0 saturated heterocycles. The lowest BCUT2D eigenvalue weighted by molar-refractivity contribution is 0.271. The molecule has 1 fully saturated rings. The Hall–Kier alpha value is -1.22. The van der Waals surface area contributed by atoms with E-state index >= 15 is 0 Å². The minimum absolute atomic E-state index is 0.390. The van der Waals surface area contributed by atoms with Crippen LogP contribution in [0.1, 0.15) is 25.7 Å². The van der Waals surface area contributed by atoms with Gasteiger partial charge in [0.2, 0.25) is 0 Å². The van der Waals surface area contributed by atoms with Gasteiger partial charge in [-0.05, 0) is 37.3 Å². The van der Waals surface area contributed by atoms with Gasteiger partial charge < -0.3 is 15.4 Å². The van der Waals surface area contributed by atoms with Crippen LogP contribution in [0.3, 0.4) is 0 Å². The smallest absolute Gasteiger partial charge is 0.121 e. The summed E-state index contributed by atoms with van der Waals surface area (Å²) in [6.07, 6.45) is 4.80. The number of rotatable bonds is 5. The Balaban J connectivity index is 1.81. The van der Waals surface area contributed by atoms with Crippen molar-refractivity contribution in [2.45, 2.75) is 31.7 Å². The first-order valence-electron chi connectivity index (χ1n) is 6.82. The minimum atomic E-state index is 0.390. The lowest BCUT2D eigenvalue weighted by atomic mass is 10.0. The number of nitrogens with zero attached hydrogens (tertiary/aromatic N) is 1. The lowest BCUT2D eigenvalue weighted by Gasteiger charge is -2.17. The molecule has 0 spiro atoms. The standard InChI is InChI=1S/C15H24N2O/c1-17(2)13-6-4-7-14(11-13)18-10-9-12-5-3-8-15(12)16/h4,6-7,11-12,15H,3,5,8-10,16H2,1-2H3. The van der Waals surface area contributed by atoms with Crippen molar-refractivity contribution in [2.75, 3.05) is 25.6 Å². The van der Waals surface area contributed by atoms with E-state index in [1.165, 1.54) is 24.9 Å². The first kappa shape index (κ1) is 13.2. The van der Waals surface area contributed by atoms with Gasteiger partial charge in [-0.15, -0.1) is 0 Å². The van der Waals surface area contributed by atoms with E-state index in [0.717, 1.165) is 18.8 Å². The lowest BCUT2D eigenvalue weighted by Crippen LogP contribution is -2.25. The highest BCUT2D eigenvalue weighted by molar-refractivity contribution is 5.49. The van der Waals surface area contributed by atoms with Crippen LogP contribution in [0.5, 0.6) is 5.75 Å². The minimum Gasteiger partial charge on any atom is -0.494 e. The fourth-order valence-electron chi connectivity index (χ4n) is 2.60. The molecule has 2 atom stereocenters. The number of benzene rings is 1. The zero-order valence-electron chi connectivity index (χ0n) is 11.4. The molecule has 0 aliphatic heterocycles. The van der Waals surface area contributed by atoms with Crippen molar-refractivity contribution in [3.63, 3.8) is 0 Å². The number of nitrogens with two attached hydrogens (primary N) is 1. The van der Waals surface area contributed by atoms with Gasteiger partial charge in [0, 0.05) is 31.9 Å². The summed E-state index contributed by atoms with van der Waals surface area (Å²) < 4.78 is 5.82. The molecule has 0 heterocycles. The predicted molar refractivity (Wildman–Crippen MR) is 76.2 cm³/mol. The summed E-state index contributed by atoms with van der Waals surface area (Å²) in [6, 6.07) is 8.60. The van der Waals surface area contributed by atoms with Crippen molar-refractivity contribution >= 4 is 5.69 Å². The van der Waals surface area contributed by atoms with Crippen molar-refractivity contribution in [3.05, 3.63) is 24.3 Å². The van der Waals surface area contributed by atoms with Gasteiger partial charge in [-0.3, -0.25) is 0 Å². The van der Waals surface area contributed by atoms with Crippen LogP contribution in [0.2, 0.25) is 0 Å². The van der Waals surface area contributed by atoms with E-state index in [4.69, 9.17) is 10.5 Å². The van der Waals surface area contributed by atoms with Gasteiger partial charge in [0.25, 0.3) is 0 Å². The van der Waals surface area contributed by atoms with Crippen LogP contribution in [-0.2, 0) is 0 Å². The molecule has 3 nitrogen and oxygen atoms in total. The average Bonchev–Trinajstić information content (AvgIpc) is 2.76. The molecule has 0 amide bonds. The molecule has 1 aromatic rings. The largest absolute Gasteiger partial charge is 0.494 e. The molecule has 1 aliphatic carbocycles. The molecule has 1 saturated carbocycles. The van der Waals surface area contributed by atoms with E-state index in [1.807, 2.05) is 26.2 Å². The molecule has 1 aromatic carbocycles. The summed E-state index contributed by atoms with van der Waals surface area (Å²) in [5.74, 6) is 1.61. The summed E-state index contributed by atoms with van der Waals surface area (Å²) in [5.41, 5.74) is 7.23. The van der Waals surface area contributed by atoms with E-state index in [9.17, 15) is 0 Å². The maximum absolute atomic E-state index is 6.06. The zero-order chi connectivity index (χ0) is 13.0. The van der Waals surface area contributed by atoms with Gasteiger partial charge in [-0.25, -0.2) is 0 Å². The van der Waals surface area contributed by atoms with E-state index in [2.05, 4.69) is 17.0 Å². The third-order valence-corrected chi connectivity index (χ3v) is 3.81. The van der Waals surface area contributed by atoms with Crippen molar-refractivity contribution in [1.82, 2.24) is 0 Å². The Labute approximate surface area is 110 Å². The van der Waals surface area contributed by atoms with Gasteiger partial charge in [0.15, 0.2) is 0 Å². The second-order valence-corrected chi connectivity index (χ2v) is 5.38. The number of ether oxygens (including phenoxy) is 1. The fraction of sp³-hybridized carbons (Fsp3) is 0.600. The van der Waals surface area contributed by atoms with Crippen LogP contribution in [0, 0.1) is 5.92 Å². The Morgan fingerprint density at radius 3 is 2.83 bits per heavy atom. The quantitative estimate of drug-likeness (QED) is 0.870. The Morgan fingerprint density at radius 1 is 1.33 bits per heavy atom. The Kier molecular flexibility index (Phi) is 4.48. The topological polar surface area (TPSA) is 38.5 Å². The van der Waals surface area contributed by atoms with Gasteiger partial charge in [0.05, 0.1) is 6.61 Å². The van der Waals surface area contributed by atoms with Crippen LogP contribution in [0.25, 0.3) is 0 Å². The van der Waals surface area contributed by atoms with E-state index in [1.54, 1.807) is 0 Å². The van der Waals surface area contributed by atoms with Gasteiger partial charge in [0.1, 0.15) is 5.75 Å². The van der Waals surface area contributed by atoms with Crippen molar-refractivity contribution in [3.8, 4) is 5.75 Å². The monoisotopic (exact) mass is 248 g/mol. The molecule has 18 heavy (non-hydrogen) atoms. The van der Waals surface area contributed by atoms with Gasteiger partial charge in [-0.1, -0.05) is 12.5 Å². The Morgan fingerprint density at radius 2 is 2.17 bits per heavy atom. The molecule has 2 rings (SSSR count).